The van der Waals surface area contributed by atoms with E-state index in [9.17, 15) is 4.79 Å². The third-order valence-electron chi connectivity index (χ3n) is 3.45. The predicted octanol–water partition coefficient (Wildman–Crippen LogP) is 0.642. The lowest BCUT2D eigenvalue weighted by atomic mass is 9.98. The highest BCUT2D eigenvalue weighted by Gasteiger charge is 2.27. The topological polar surface area (TPSA) is 72.3 Å². The zero-order valence-electron chi connectivity index (χ0n) is 10.1. The van der Waals surface area contributed by atoms with Crippen molar-refractivity contribution < 1.29 is 4.79 Å². The van der Waals surface area contributed by atoms with E-state index in [-0.39, 0.29) is 0 Å². The van der Waals surface area contributed by atoms with Crippen molar-refractivity contribution in [2.45, 2.75) is 25.3 Å². The summed E-state index contributed by atoms with van der Waals surface area (Å²) >= 11 is 0. The molecule has 0 radical (unpaired) electrons. The zero-order valence-corrected chi connectivity index (χ0v) is 10.1. The summed E-state index contributed by atoms with van der Waals surface area (Å²) in [6.45, 7) is 3.46. The molecule has 1 amide bonds. The number of hydrogen-bond acceptors (Lipinski definition) is 3. The van der Waals surface area contributed by atoms with E-state index in [0.29, 0.717) is 6.42 Å². The molecule has 4 N–H and O–H groups in total. The first kappa shape index (κ1) is 11.9. The number of primary amides is 1. The maximum absolute atomic E-state index is 11.2. The van der Waals surface area contributed by atoms with Crippen molar-refractivity contribution in [3.63, 3.8) is 0 Å². The minimum Gasteiger partial charge on any atom is -0.371 e. The number of hydrogen-bond donors (Lipinski definition) is 2. The molecule has 0 saturated carbocycles. The number of para-hydroxylation sites is 1. The molecule has 0 spiro atoms. The van der Waals surface area contributed by atoms with Gasteiger partial charge in [0, 0.05) is 18.8 Å². The van der Waals surface area contributed by atoms with Gasteiger partial charge in [-0.15, -0.1) is 0 Å². The number of carbonyl (C=O) groups is 1. The lowest BCUT2D eigenvalue weighted by Crippen LogP contribution is -2.51. The van der Waals surface area contributed by atoms with Crippen LogP contribution < -0.4 is 16.4 Å². The average molecular weight is 233 g/mol. The number of anilines is 1. The van der Waals surface area contributed by atoms with Crippen molar-refractivity contribution in [3.8, 4) is 0 Å². The fraction of sp³-hybridized carbons (Fsp3) is 0.462. The number of benzene rings is 1. The lowest BCUT2D eigenvalue weighted by Gasteiger charge is -2.26. The molecule has 1 unspecified atom stereocenters. The van der Waals surface area contributed by atoms with E-state index in [4.69, 9.17) is 11.5 Å². The van der Waals surface area contributed by atoms with Crippen molar-refractivity contribution in [2.75, 3.05) is 18.0 Å². The minimum absolute atomic E-state index is 0.440. The average Bonchev–Trinajstić information content (AvgIpc) is 2.69. The molecule has 4 heteroatoms. The fourth-order valence-corrected chi connectivity index (χ4v) is 2.13. The second-order valence-electron chi connectivity index (χ2n) is 4.90. The highest BCUT2D eigenvalue weighted by molar-refractivity contribution is 5.83. The van der Waals surface area contributed by atoms with E-state index in [0.717, 1.165) is 19.5 Å². The highest BCUT2D eigenvalue weighted by atomic mass is 16.1. The normalized spacial score (nSPS) is 17.6. The van der Waals surface area contributed by atoms with Crippen LogP contribution in [0.2, 0.25) is 0 Å². The van der Waals surface area contributed by atoms with Crippen LogP contribution >= 0.6 is 0 Å². The summed E-state index contributed by atoms with van der Waals surface area (Å²) < 4.78 is 0. The summed E-state index contributed by atoms with van der Waals surface area (Å²) in [5.41, 5.74) is 12.8. The smallest absolute Gasteiger partial charge is 0.237 e. The number of rotatable bonds is 4. The molecule has 0 bridgehead atoms. The first-order valence-corrected chi connectivity index (χ1v) is 5.92. The Morgan fingerprint density at radius 1 is 1.47 bits per heavy atom. The highest BCUT2D eigenvalue weighted by Crippen LogP contribution is 2.27. The van der Waals surface area contributed by atoms with Crippen LogP contribution in [0.3, 0.4) is 0 Å². The van der Waals surface area contributed by atoms with Crippen LogP contribution in [0.15, 0.2) is 24.3 Å². The van der Waals surface area contributed by atoms with Crippen LogP contribution in [-0.4, -0.2) is 24.5 Å². The van der Waals surface area contributed by atoms with Crippen LogP contribution in [0.5, 0.6) is 0 Å². The van der Waals surface area contributed by atoms with Gasteiger partial charge in [-0.2, -0.15) is 0 Å². The SMILES string of the molecule is CC(N)(CCN1CCc2ccccc21)C(N)=O. The first-order valence-electron chi connectivity index (χ1n) is 5.92. The fourth-order valence-electron chi connectivity index (χ4n) is 2.13. The molecule has 1 aliphatic rings. The van der Waals surface area contributed by atoms with Crippen molar-refractivity contribution in [1.29, 1.82) is 0 Å². The van der Waals surface area contributed by atoms with Gasteiger partial charge in [0.15, 0.2) is 0 Å². The summed E-state index contributed by atoms with van der Waals surface area (Å²) in [7, 11) is 0. The number of nitrogens with two attached hydrogens (primary N) is 2. The van der Waals surface area contributed by atoms with Crippen LogP contribution in [0.25, 0.3) is 0 Å². The molecule has 1 aromatic carbocycles. The quantitative estimate of drug-likeness (QED) is 0.801. The third-order valence-corrected chi connectivity index (χ3v) is 3.45. The molecule has 1 aliphatic heterocycles. The third kappa shape index (κ3) is 2.42. The van der Waals surface area contributed by atoms with Gasteiger partial charge in [-0.1, -0.05) is 18.2 Å². The summed E-state index contributed by atoms with van der Waals surface area (Å²) in [5, 5.41) is 0. The van der Waals surface area contributed by atoms with E-state index < -0.39 is 11.4 Å². The molecular weight excluding hydrogens is 214 g/mol. The van der Waals surface area contributed by atoms with E-state index in [1.165, 1.54) is 11.3 Å². The second kappa shape index (κ2) is 4.37. The van der Waals surface area contributed by atoms with E-state index in [1.807, 2.05) is 6.07 Å². The molecule has 0 fully saturated rings. The van der Waals surface area contributed by atoms with Gasteiger partial charge in [-0.25, -0.2) is 0 Å². The van der Waals surface area contributed by atoms with Crippen LogP contribution in [-0.2, 0) is 11.2 Å². The van der Waals surface area contributed by atoms with Crippen molar-refractivity contribution in [1.82, 2.24) is 0 Å². The summed E-state index contributed by atoms with van der Waals surface area (Å²) in [5.74, 6) is -0.440. The molecule has 0 aromatic heterocycles. The van der Waals surface area contributed by atoms with E-state index in [2.05, 4.69) is 23.1 Å². The van der Waals surface area contributed by atoms with Crippen LogP contribution in [0.1, 0.15) is 18.9 Å². The monoisotopic (exact) mass is 233 g/mol. The van der Waals surface area contributed by atoms with Gasteiger partial charge in [0.2, 0.25) is 5.91 Å². The number of nitrogens with zero attached hydrogens (tertiary/aromatic N) is 1. The Labute approximate surface area is 102 Å². The van der Waals surface area contributed by atoms with Gasteiger partial charge in [0.1, 0.15) is 0 Å². The van der Waals surface area contributed by atoms with Gasteiger partial charge in [0.05, 0.1) is 5.54 Å². The van der Waals surface area contributed by atoms with Crippen LogP contribution in [0, 0.1) is 0 Å². The minimum atomic E-state index is -0.919. The van der Waals surface area contributed by atoms with Gasteiger partial charge < -0.3 is 16.4 Å². The van der Waals surface area contributed by atoms with Crippen molar-refractivity contribution in [3.05, 3.63) is 29.8 Å². The zero-order chi connectivity index (χ0) is 12.5. The largest absolute Gasteiger partial charge is 0.371 e. The maximum Gasteiger partial charge on any atom is 0.237 e. The molecule has 2 rings (SSSR count). The molecule has 1 atom stereocenters. The molecule has 4 nitrogen and oxygen atoms in total. The second-order valence-corrected chi connectivity index (χ2v) is 4.90. The van der Waals surface area contributed by atoms with E-state index >= 15 is 0 Å². The Balaban J connectivity index is 2.01. The summed E-state index contributed by atoms with van der Waals surface area (Å²) in [6, 6.07) is 8.34. The molecule has 92 valence electrons. The molecule has 1 aromatic rings. The summed E-state index contributed by atoms with van der Waals surface area (Å²) in [4.78, 5) is 13.4. The molecule has 17 heavy (non-hydrogen) atoms. The predicted molar refractivity (Wildman–Crippen MR) is 68.8 cm³/mol. The van der Waals surface area contributed by atoms with E-state index in [1.54, 1.807) is 6.92 Å². The van der Waals surface area contributed by atoms with Crippen molar-refractivity contribution >= 4 is 11.6 Å². The van der Waals surface area contributed by atoms with Crippen molar-refractivity contribution in [2.24, 2.45) is 11.5 Å². The first-order chi connectivity index (χ1) is 8.00. The molecule has 1 heterocycles. The van der Waals surface area contributed by atoms with Gasteiger partial charge in [-0.3, -0.25) is 4.79 Å². The molecule has 0 aliphatic carbocycles. The van der Waals surface area contributed by atoms with Gasteiger partial charge in [0.25, 0.3) is 0 Å². The standard InChI is InChI=1S/C13H19N3O/c1-13(15,12(14)17)7-9-16-8-6-10-4-2-3-5-11(10)16/h2-5H,6-9,15H2,1H3,(H2,14,17). The Morgan fingerprint density at radius 2 is 2.18 bits per heavy atom. The summed E-state index contributed by atoms with van der Waals surface area (Å²) in [6.07, 6.45) is 1.64. The van der Waals surface area contributed by atoms with Gasteiger partial charge in [-0.05, 0) is 31.4 Å². The Bertz CT molecular complexity index is 428. The number of fused-ring (bicyclic) bond motifs is 1. The number of amides is 1. The Hall–Kier alpha value is -1.55. The number of carbonyl (C=O) groups excluding carboxylic acids is 1. The van der Waals surface area contributed by atoms with Gasteiger partial charge >= 0.3 is 0 Å². The van der Waals surface area contributed by atoms with Crippen LogP contribution in [0.4, 0.5) is 5.69 Å². The lowest BCUT2D eigenvalue weighted by molar-refractivity contribution is -0.122. The Morgan fingerprint density at radius 3 is 2.88 bits per heavy atom. The molecular formula is C13H19N3O. The molecule has 0 saturated heterocycles. The maximum atomic E-state index is 11.2. The Kier molecular flexibility index (Phi) is 3.07.